The van der Waals surface area contributed by atoms with E-state index in [1.165, 1.54) is 12.1 Å². The third-order valence-corrected chi connectivity index (χ3v) is 5.50. The first-order valence-electron chi connectivity index (χ1n) is 8.51. The average Bonchev–Trinajstić information content (AvgIpc) is 3.09. The molecule has 1 unspecified atom stereocenters. The number of hydrogen-bond acceptors (Lipinski definition) is 4. The van der Waals surface area contributed by atoms with Gasteiger partial charge < -0.3 is 14.9 Å². The van der Waals surface area contributed by atoms with Gasteiger partial charge in [-0.2, -0.15) is 0 Å². The zero-order valence-corrected chi connectivity index (χ0v) is 17.4. The Bertz CT molecular complexity index is 766. The summed E-state index contributed by atoms with van der Waals surface area (Å²) in [6.07, 6.45) is 2.06. The van der Waals surface area contributed by atoms with Gasteiger partial charge in [0.15, 0.2) is 0 Å². The quantitative estimate of drug-likeness (QED) is 0.575. The first kappa shape index (κ1) is 20.8. The normalized spacial score (nSPS) is 17.0. The summed E-state index contributed by atoms with van der Waals surface area (Å²) in [5.74, 6) is -0.0153. The first-order chi connectivity index (χ1) is 12.8. The van der Waals surface area contributed by atoms with Gasteiger partial charge in [-0.15, -0.1) is 0 Å². The summed E-state index contributed by atoms with van der Waals surface area (Å²) in [6, 6.07) is 6.34. The maximum Gasteiger partial charge on any atom is 0.138 e. The van der Waals surface area contributed by atoms with Gasteiger partial charge in [0, 0.05) is 47.4 Å². The highest BCUT2D eigenvalue weighted by Crippen LogP contribution is 2.35. The van der Waals surface area contributed by atoms with E-state index in [2.05, 4.69) is 0 Å². The van der Waals surface area contributed by atoms with E-state index >= 15 is 0 Å². The minimum atomic E-state index is -0.00763. The molecule has 8 heteroatoms. The molecule has 0 bridgehead atoms. The molecule has 146 valence electrons. The van der Waals surface area contributed by atoms with Crippen molar-refractivity contribution in [3.8, 4) is 11.5 Å². The van der Waals surface area contributed by atoms with Crippen molar-refractivity contribution in [2.45, 2.75) is 32.0 Å². The van der Waals surface area contributed by atoms with Gasteiger partial charge in [0.05, 0.1) is 16.1 Å². The molecule has 0 spiro atoms. The van der Waals surface area contributed by atoms with Gasteiger partial charge in [0.1, 0.15) is 11.5 Å². The lowest BCUT2D eigenvalue weighted by molar-refractivity contribution is 0.0673. The van der Waals surface area contributed by atoms with E-state index in [1.54, 1.807) is 12.1 Å². The lowest BCUT2D eigenvalue weighted by Gasteiger charge is -2.26. The van der Waals surface area contributed by atoms with E-state index in [-0.39, 0.29) is 27.6 Å². The molecule has 2 aromatic rings. The summed E-state index contributed by atoms with van der Waals surface area (Å²) in [7, 11) is 0. The summed E-state index contributed by atoms with van der Waals surface area (Å²) in [6.45, 7) is 2.10. The summed E-state index contributed by atoms with van der Waals surface area (Å²) in [5.41, 5.74) is 1.19. The number of rotatable bonds is 6. The van der Waals surface area contributed by atoms with Crippen molar-refractivity contribution in [3.63, 3.8) is 0 Å². The number of aromatic hydroxyl groups is 2. The molecule has 27 heavy (non-hydrogen) atoms. The van der Waals surface area contributed by atoms with Crippen molar-refractivity contribution < 1.29 is 14.9 Å². The summed E-state index contributed by atoms with van der Waals surface area (Å²) >= 11 is 24.3. The number of phenols is 2. The maximum atomic E-state index is 10.3. The van der Waals surface area contributed by atoms with Gasteiger partial charge >= 0.3 is 0 Å². The van der Waals surface area contributed by atoms with Gasteiger partial charge in [0.2, 0.25) is 0 Å². The Morgan fingerprint density at radius 2 is 1.41 bits per heavy atom. The predicted octanol–water partition coefficient (Wildman–Crippen LogP) is 5.89. The largest absolute Gasteiger partial charge is 0.506 e. The van der Waals surface area contributed by atoms with Gasteiger partial charge in [-0.05, 0) is 37.1 Å². The zero-order chi connectivity index (χ0) is 19.6. The minimum absolute atomic E-state index is 0.00763. The van der Waals surface area contributed by atoms with E-state index in [0.717, 1.165) is 19.4 Å². The van der Waals surface area contributed by atoms with Crippen LogP contribution >= 0.6 is 46.4 Å². The fraction of sp³-hybridized carbons (Fsp3) is 0.368. The highest BCUT2D eigenvalue weighted by atomic mass is 35.5. The Morgan fingerprint density at radius 3 is 1.85 bits per heavy atom. The highest BCUT2D eigenvalue weighted by molar-refractivity contribution is 6.36. The molecule has 1 heterocycles. The van der Waals surface area contributed by atoms with Crippen LogP contribution in [0.3, 0.4) is 0 Å². The van der Waals surface area contributed by atoms with Crippen molar-refractivity contribution in [3.05, 3.63) is 55.5 Å². The van der Waals surface area contributed by atoms with Gasteiger partial charge in [0.25, 0.3) is 0 Å². The Morgan fingerprint density at radius 1 is 0.889 bits per heavy atom. The molecule has 2 N–H and O–H groups in total. The average molecular weight is 451 g/mol. The van der Waals surface area contributed by atoms with Gasteiger partial charge in [-0.1, -0.05) is 46.4 Å². The van der Waals surface area contributed by atoms with Crippen molar-refractivity contribution in [1.82, 2.24) is 4.90 Å². The van der Waals surface area contributed by atoms with Gasteiger partial charge in [-0.3, -0.25) is 4.90 Å². The molecule has 0 saturated carbocycles. The molecule has 0 amide bonds. The second-order valence-corrected chi connectivity index (χ2v) is 8.28. The molecule has 1 atom stereocenters. The van der Waals surface area contributed by atoms with Crippen LogP contribution in [0, 0.1) is 0 Å². The van der Waals surface area contributed by atoms with Crippen LogP contribution in [0.2, 0.25) is 20.1 Å². The second-order valence-electron chi connectivity index (χ2n) is 6.60. The summed E-state index contributed by atoms with van der Waals surface area (Å²) in [4.78, 5) is 2.04. The Kier molecular flexibility index (Phi) is 7.01. The van der Waals surface area contributed by atoms with Crippen molar-refractivity contribution in [1.29, 1.82) is 0 Å². The molecule has 4 nitrogen and oxygen atoms in total. The van der Waals surface area contributed by atoms with E-state index in [9.17, 15) is 10.2 Å². The van der Waals surface area contributed by atoms with Crippen LogP contribution in [-0.4, -0.2) is 34.4 Å². The molecule has 1 aliphatic rings. The predicted molar refractivity (Wildman–Crippen MR) is 109 cm³/mol. The monoisotopic (exact) mass is 449 g/mol. The number of halogens is 4. The third-order valence-electron chi connectivity index (χ3n) is 4.49. The Hall–Kier alpha value is -0.880. The molecule has 0 aromatic heterocycles. The van der Waals surface area contributed by atoms with E-state index in [1.807, 2.05) is 4.90 Å². The SMILES string of the molecule is Oc1c(Cl)cc(Cl)cc1CN(Cc1cc(Cl)cc(Cl)c1O)CC1CCCO1. The summed E-state index contributed by atoms with van der Waals surface area (Å²) < 4.78 is 5.74. The third kappa shape index (κ3) is 5.35. The fourth-order valence-electron chi connectivity index (χ4n) is 3.22. The van der Waals surface area contributed by atoms with Crippen LogP contribution < -0.4 is 0 Å². The van der Waals surface area contributed by atoms with Crippen LogP contribution in [0.25, 0.3) is 0 Å². The van der Waals surface area contributed by atoms with Crippen LogP contribution in [0.4, 0.5) is 0 Å². The number of ether oxygens (including phenoxy) is 1. The lowest BCUT2D eigenvalue weighted by atomic mass is 10.1. The molecule has 0 aliphatic carbocycles. The number of phenolic OH excluding ortho intramolecular Hbond substituents is 2. The van der Waals surface area contributed by atoms with Crippen LogP contribution in [0.5, 0.6) is 11.5 Å². The van der Waals surface area contributed by atoms with Crippen LogP contribution in [0.1, 0.15) is 24.0 Å². The number of hydrogen-bond donors (Lipinski definition) is 2. The molecule has 1 fully saturated rings. The van der Waals surface area contributed by atoms with Crippen LogP contribution in [-0.2, 0) is 17.8 Å². The molecule has 3 rings (SSSR count). The topological polar surface area (TPSA) is 52.9 Å². The lowest BCUT2D eigenvalue weighted by Crippen LogP contribution is -2.31. The van der Waals surface area contributed by atoms with Crippen LogP contribution in [0.15, 0.2) is 24.3 Å². The van der Waals surface area contributed by atoms with Crippen molar-refractivity contribution >= 4 is 46.4 Å². The second kappa shape index (κ2) is 9.08. The summed E-state index contributed by atoms with van der Waals surface area (Å²) in [5, 5.41) is 21.9. The standard InChI is InChI=1S/C19H19Cl4NO3/c20-13-4-11(18(25)16(22)6-13)8-24(10-15-2-1-3-27-15)9-12-5-14(21)7-17(23)19(12)26/h4-7,15,25-26H,1-3,8-10H2. The van der Waals surface area contributed by atoms with E-state index in [0.29, 0.717) is 40.8 Å². The Labute approximate surface area is 178 Å². The number of nitrogens with zero attached hydrogens (tertiary/aromatic N) is 1. The molecule has 1 aliphatic heterocycles. The molecule has 1 saturated heterocycles. The Balaban J connectivity index is 1.87. The molecular weight excluding hydrogens is 432 g/mol. The first-order valence-corrected chi connectivity index (χ1v) is 10.0. The minimum Gasteiger partial charge on any atom is -0.506 e. The number of benzene rings is 2. The van der Waals surface area contributed by atoms with Crippen molar-refractivity contribution in [2.75, 3.05) is 13.2 Å². The molecule has 2 aromatic carbocycles. The molecular formula is C19H19Cl4NO3. The zero-order valence-electron chi connectivity index (χ0n) is 14.4. The molecule has 0 radical (unpaired) electrons. The van der Waals surface area contributed by atoms with Gasteiger partial charge in [-0.25, -0.2) is 0 Å². The van der Waals surface area contributed by atoms with E-state index < -0.39 is 0 Å². The van der Waals surface area contributed by atoms with Crippen molar-refractivity contribution in [2.24, 2.45) is 0 Å². The smallest absolute Gasteiger partial charge is 0.138 e. The fourth-order valence-corrected chi connectivity index (χ4v) is 4.29. The highest BCUT2D eigenvalue weighted by Gasteiger charge is 2.22. The maximum absolute atomic E-state index is 10.3. The van der Waals surface area contributed by atoms with E-state index in [4.69, 9.17) is 51.1 Å².